The molecule has 1 aromatic carbocycles. The lowest BCUT2D eigenvalue weighted by Gasteiger charge is -2.37. The minimum atomic E-state index is -5.54. The van der Waals surface area contributed by atoms with Crippen LogP contribution in [0.1, 0.15) is 32.8 Å². The highest BCUT2D eigenvalue weighted by molar-refractivity contribution is 7.72. The fraction of sp³-hybridized carbons (Fsp3) is 0.680. The van der Waals surface area contributed by atoms with Crippen molar-refractivity contribution in [1.29, 1.82) is 0 Å². The summed E-state index contributed by atoms with van der Waals surface area (Å²) in [5.74, 6) is 0.0751. The number of hydrogen-bond acceptors (Lipinski definition) is 8. The Labute approximate surface area is 261 Å². The van der Waals surface area contributed by atoms with Crippen molar-refractivity contribution in [2.24, 2.45) is 5.73 Å². The Morgan fingerprint density at radius 1 is 0.977 bits per heavy atom. The van der Waals surface area contributed by atoms with Gasteiger partial charge in [-0.2, -0.15) is 9.28 Å². The maximum Gasteiger partial charge on any atom is 0.521 e. The molecule has 1 aromatic rings. The number of nitrogens with two attached hydrogens (primary N) is 1. The van der Waals surface area contributed by atoms with E-state index in [-0.39, 0.29) is 74.4 Å². The average Bonchev–Trinajstić information content (AvgIpc) is 2.89. The smallest absolute Gasteiger partial charge is 0.414 e. The summed E-state index contributed by atoms with van der Waals surface area (Å²) >= 11 is 12.2. The predicted molar refractivity (Wildman–Crippen MR) is 164 cm³/mol. The van der Waals surface area contributed by atoms with Gasteiger partial charge in [-0.15, -0.1) is 23.2 Å². The van der Waals surface area contributed by atoms with E-state index in [0.717, 1.165) is 5.56 Å². The first kappa shape index (κ1) is 38.1. The Bertz CT molecular complexity index is 1170. The Morgan fingerprint density at radius 2 is 1.47 bits per heavy atom. The van der Waals surface area contributed by atoms with E-state index in [1.807, 2.05) is 0 Å². The van der Waals surface area contributed by atoms with Crippen molar-refractivity contribution in [3.05, 3.63) is 29.8 Å². The second-order valence-electron chi connectivity index (χ2n) is 11.5. The van der Waals surface area contributed by atoms with Crippen molar-refractivity contribution in [2.45, 2.75) is 50.3 Å². The van der Waals surface area contributed by atoms with E-state index >= 15 is 0 Å². The summed E-state index contributed by atoms with van der Waals surface area (Å²) in [6.07, 6.45) is -1.11. The molecule has 0 radical (unpaired) electrons. The third kappa shape index (κ3) is 9.68. The lowest BCUT2D eigenvalue weighted by atomic mass is 10.0. The Kier molecular flexibility index (Phi) is 13.3. The molecule has 1 atom stereocenters. The van der Waals surface area contributed by atoms with Gasteiger partial charge in [-0.05, 0) is 32.8 Å². The molecule has 18 heteroatoms. The first-order chi connectivity index (χ1) is 19.7. The molecule has 1 saturated heterocycles. The van der Waals surface area contributed by atoms with Crippen LogP contribution in [0.4, 0.5) is 10.5 Å². The predicted octanol–water partition coefficient (Wildman–Crippen LogP) is 1.81. The highest BCUT2D eigenvalue weighted by Crippen LogP contribution is 2.68. The maximum absolute atomic E-state index is 13.3. The third-order valence-corrected chi connectivity index (χ3v) is 11.5. The fourth-order valence-corrected chi connectivity index (χ4v) is 7.47. The Balaban J connectivity index is 2.04. The summed E-state index contributed by atoms with van der Waals surface area (Å²) in [5.41, 5.74) is 6.92. The number of piperazine rings is 1. The zero-order valence-electron chi connectivity index (χ0n) is 24.5. The van der Waals surface area contributed by atoms with Crippen LogP contribution in [-0.2, 0) is 25.1 Å². The van der Waals surface area contributed by atoms with Crippen LogP contribution in [0.2, 0.25) is 0 Å². The lowest BCUT2D eigenvalue weighted by molar-refractivity contribution is -0.134. The van der Waals surface area contributed by atoms with Gasteiger partial charge in [0.05, 0.1) is 17.8 Å². The Hall–Kier alpha value is -1.12. The minimum Gasteiger partial charge on any atom is -0.414 e. The van der Waals surface area contributed by atoms with E-state index < -0.39 is 44.4 Å². The number of alkyl halides is 2. The van der Waals surface area contributed by atoms with E-state index in [1.165, 1.54) is 0 Å². The van der Waals surface area contributed by atoms with Gasteiger partial charge in [0.2, 0.25) is 5.91 Å². The fourth-order valence-electron chi connectivity index (χ4n) is 4.75. The Morgan fingerprint density at radius 3 is 1.88 bits per heavy atom. The molecule has 0 bridgehead atoms. The molecule has 246 valence electrons. The standard InChI is InChI=1S/C25H42Cl2N4O10P2/c1-24(2,3)41-23(33)31(16-9-26,17-10-27)20-6-4-19(5-7-20)18-21(28)22(32)30-14-12-29(13-15-30)11-8-25(34,42(35,36)37)43(38,39)40/h4-7,21,34H,8-18,28H2,1-3H3,(H3-,35,36,37,38,39,40)/p+1/t21-/m0/s1. The van der Waals surface area contributed by atoms with Crippen LogP contribution in [0.15, 0.2) is 24.3 Å². The van der Waals surface area contributed by atoms with Gasteiger partial charge in [0.1, 0.15) is 24.4 Å². The van der Waals surface area contributed by atoms with E-state index in [1.54, 1.807) is 54.8 Å². The highest BCUT2D eigenvalue weighted by Gasteiger charge is 2.59. The van der Waals surface area contributed by atoms with Gasteiger partial charge in [0.15, 0.2) is 0 Å². The van der Waals surface area contributed by atoms with Crippen LogP contribution >= 0.6 is 38.4 Å². The summed E-state index contributed by atoms with van der Waals surface area (Å²) in [6, 6.07) is 6.23. The number of nitrogens with zero attached hydrogens (tertiary/aromatic N) is 3. The SMILES string of the molecule is CC(C)(C)OC(=O)[N+](CCCl)(CCCl)c1ccc(C[C@H](N)C(=O)N2CCN(CCC(O)(P(=O)(O)O)P(=O)(O)O)CC2)cc1. The first-order valence-corrected chi connectivity index (χ1v) is 17.9. The molecule has 0 saturated carbocycles. The molecule has 2 rings (SSSR count). The molecule has 1 heterocycles. The van der Waals surface area contributed by atoms with E-state index in [4.69, 9.17) is 33.7 Å². The molecular formula is C25H43Cl2N4O10P2+. The summed E-state index contributed by atoms with van der Waals surface area (Å²) in [4.78, 5) is 66.8. The van der Waals surface area contributed by atoms with E-state index in [9.17, 15) is 43.4 Å². The minimum absolute atomic E-state index is 0.193. The molecule has 14 nitrogen and oxygen atoms in total. The number of benzene rings is 1. The van der Waals surface area contributed by atoms with Crippen molar-refractivity contribution in [3.63, 3.8) is 0 Å². The third-order valence-electron chi connectivity index (χ3n) is 7.26. The number of hydrogen-bond donors (Lipinski definition) is 6. The van der Waals surface area contributed by atoms with Gasteiger partial charge in [0, 0.05) is 51.3 Å². The number of carbonyl (C=O) groups excluding carboxylic acids is 2. The van der Waals surface area contributed by atoms with E-state index in [2.05, 4.69) is 0 Å². The summed E-state index contributed by atoms with van der Waals surface area (Å²) < 4.78 is 28.7. The van der Waals surface area contributed by atoms with Gasteiger partial charge >= 0.3 is 21.3 Å². The van der Waals surface area contributed by atoms with Crippen LogP contribution < -0.4 is 10.2 Å². The molecule has 0 aromatic heterocycles. The quantitative estimate of drug-likeness (QED) is 0.0994. The van der Waals surface area contributed by atoms with Gasteiger partial charge in [0.25, 0.3) is 5.08 Å². The zero-order chi connectivity index (χ0) is 32.9. The molecule has 7 N–H and O–H groups in total. The number of amides is 2. The maximum atomic E-state index is 13.3. The van der Waals surface area contributed by atoms with Crippen LogP contribution in [0.3, 0.4) is 0 Å². The number of carbonyl (C=O) groups is 2. The molecule has 1 aliphatic heterocycles. The van der Waals surface area contributed by atoms with Gasteiger partial charge in [-0.1, -0.05) is 12.1 Å². The van der Waals surface area contributed by atoms with E-state index in [0.29, 0.717) is 5.69 Å². The molecule has 0 unspecified atom stereocenters. The average molecular weight is 692 g/mol. The summed E-state index contributed by atoms with van der Waals surface area (Å²) in [5, 5.41) is 6.60. The molecule has 2 amide bonds. The van der Waals surface area contributed by atoms with Crippen molar-refractivity contribution < 1.29 is 48.1 Å². The molecule has 43 heavy (non-hydrogen) atoms. The van der Waals surface area contributed by atoms with Crippen molar-refractivity contribution in [2.75, 3.05) is 57.6 Å². The largest absolute Gasteiger partial charge is 0.521 e. The second-order valence-corrected chi connectivity index (χ2v) is 16.3. The second kappa shape index (κ2) is 15.0. The van der Waals surface area contributed by atoms with Crippen LogP contribution in [0.5, 0.6) is 0 Å². The number of rotatable bonds is 13. The van der Waals surface area contributed by atoms with Gasteiger partial charge < -0.3 is 40.1 Å². The monoisotopic (exact) mass is 691 g/mol. The van der Waals surface area contributed by atoms with Crippen LogP contribution in [-0.4, -0.2) is 121 Å². The normalized spacial score (nSPS) is 16.7. The summed E-state index contributed by atoms with van der Waals surface area (Å²) in [6.45, 7) is 6.61. The molecule has 1 fully saturated rings. The lowest BCUT2D eigenvalue weighted by Crippen LogP contribution is -2.58. The summed E-state index contributed by atoms with van der Waals surface area (Å²) in [7, 11) is -11.1. The van der Waals surface area contributed by atoms with Gasteiger partial charge in [-0.25, -0.2) is 0 Å². The number of ether oxygens (including phenoxy) is 1. The highest BCUT2D eigenvalue weighted by atomic mass is 35.5. The van der Waals surface area contributed by atoms with Crippen molar-refractivity contribution >= 4 is 56.1 Å². The zero-order valence-corrected chi connectivity index (χ0v) is 27.8. The number of quaternary nitrogens is 1. The number of aliphatic hydroxyl groups is 1. The first-order valence-electron chi connectivity index (χ1n) is 13.6. The van der Waals surface area contributed by atoms with Crippen LogP contribution in [0.25, 0.3) is 0 Å². The molecule has 0 spiro atoms. The van der Waals surface area contributed by atoms with Crippen LogP contribution in [0, 0.1) is 0 Å². The van der Waals surface area contributed by atoms with Crippen molar-refractivity contribution in [3.8, 4) is 0 Å². The topological polar surface area (TPSA) is 211 Å². The molecule has 1 aliphatic rings. The number of halogens is 2. The van der Waals surface area contributed by atoms with Gasteiger partial charge in [-0.3, -0.25) is 18.8 Å². The molecule has 0 aliphatic carbocycles. The molecular weight excluding hydrogens is 649 g/mol. The van der Waals surface area contributed by atoms with Crippen molar-refractivity contribution in [1.82, 2.24) is 14.3 Å².